The van der Waals surface area contributed by atoms with Crippen LogP contribution < -0.4 is 10.2 Å². The van der Waals surface area contributed by atoms with Crippen molar-refractivity contribution in [3.05, 3.63) is 23.3 Å². The highest BCUT2D eigenvalue weighted by Gasteiger charge is 2.13. The summed E-state index contributed by atoms with van der Waals surface area (Å²) in [4.78, 5) is 14.1. The lowest BCUT2D eigenvalue weighted by molar-refractivity contribution is -0.118. The Morgan fingerprint density at radius 3 is 2.32 bits per heavy atom. The number of aliphatic hydroxyl groups excluding tert-OH is 1. The molecule has 0 unspecified atom stereocenters. The maximum atomic E-state index is 12.1. The lowest BCUT2D eigenvalue weighted by atomic mass is 10.1. The van der Waals surface area contributed by atoms with Gasteiger partial charge in [-0.05, 0) is 43.5 Å². The zero-order chi connectivity index (χ0) is 16.7. The molecule has 0 aliphatic rings. The third-order valence-electron chi connectivity index (χ3n) is 3.86. The summed E-state index contributed by atoms with van der Waals surface area (Å²) in [6, 6.07) is 4.11. The van der Waals surface area contributed by atoms with Crippen LogP contribution in [0.4, 0.5) is 11.4 Å². The molecule has 1 rings (SSSR count). The molecule has 0 aliphatic carbocycles. The van der Waals surface area contributed by atoms with Crippen LogP contribution in [0.15, 0.2) is 12.1 Å². The molecule has 1 aromatic carbocycles. The number of anilines is 2. The maximum absolute atomic E-state index is 12.1. The lowest BCUT2D eigenvalue weighted by Crippen LogP contribution is -2.21. The Balaban J connectivity index is 2.64. The fourth-order valence-corrected chi connectivity index (χ4v) is 2.53. The largest absolute Gasteiger partial charge is 0.393 e. The Morgan fingerprint density at radius 1 is 1.23 bits per heavy atom. The molecule has 1 atom stereocenters. The van der Waals surface area contributed by atoms with E-state index >= 15 is 0 Å². The van der Waals surface area contributed by atoms with Gasteiger partial charge in [-0.3, -0.25) is 4.79 Å². The van der Waals surface area contributed by atoms with Gasteiger partial charge < -0.3 is 15.3 Å². The van der Waals surface area contributed by atoms with Gasteiger partial charge in [0, 0.05) is 25.5 Å². The SMILES string of the molecule is CCCCC[C@H](O)CC(=O)Nc1c(C)cc(N(C)C)cc1C. The van der Waals surface area contributed by atoms with Crippen molar-refractivity contribution in [2.24, 2.45) is 0 Å². The number of rotatable bonds is 8. The highest BCUT2D eigenvalue weighted by Crippen LogP contribution is 2.26. The zero-order valence-electron chi connectivity index (χ0n) is 14.6. The van der Waals surface area contributed by atoms with Crippen LogP contribution in [-0.2, 0) is 4.79 Å². The third kappa shape index (κ3) is 5.68. The molecular formula is C18H30N2O2. The highest BCUT2D eigenvalue weighted by atomic mass is 16.3. The molecule has 22 heavy (non-hydrogen) atoms. The van der Waals surface area contributed by atoms with Crippen molar-refractivity contribution in [1.82, 2.24) is 0 Å². The molecule has 0 aromatic heterocycles. The number of benzene rings is 1. The van der Waals surface area contributed by atoms with Gasteiger partial charge >= 0.3 is 0 Å². The summed E-state index contributed by atoms with van der Waals surface area (Å²) >= 11 is 0. The van der Waals surface area contributed by atoms with Crippen molar-refractivity contribution in [3.63, 3.8) is 0 Å². The van der Waals surface area contributed by atoms with E-state index < -0.39 is 6.10 Å². The van der Waals surface area contributed by atoms with E-state index in [2.05, 4.69) is 24.4 Å². The van der Waals surface area contributed by atoms with Gasteiger partial charge in [-0.2, -0.15) is 0 Å². The summed E-state index contributed by atoms with van der Waals surface area (Å²) in [5, 5.41) is 12.9. The van der Waals surface area contributed by atoms with Gasteiger partial charge in [0.1, 0.15) is 0 Å². The topological polar surface area (TPSA) is 52.6 Å². The summed E-state index contributed by atoms with van der Waals surface area (Å²) in [7, 11) is 4.00. The molecule has 2 N–H and O–H groups in total. The minimum absolute atomic E-state index is 0.118. The number of aryl methyl sites for hydroxylation is 2. The van der Waals surface area contributed by atoms with Crippen molar-refractivity contribution in [2.45, 2.75) is 59.0 Å². The summed E-state index contributed by atoms with van der Waals surface area (Å²) < 4.78 is 0. The van der Waals surface area contributed by atoms with Gasteiger partial charge in [0.2, 0.25) is 5.91 Å². The summed E-state index contributed by atoms with van der Waals surface area (Å²) in [6.45, 7) is 6.11. The quantitative estimate of drug-likeness (QED) is 0.721. The Labute approximate surface area is 134 Å². The van der Waals surface area contributed by atoms with Crippen LogP contribution in [0.3, 0.4) is 0 Å². The zero-order valence-corrected chi connectivity index (χ0v) is 14.6. The highest BCUT2D eigenvalue weighted by molar-refractivity contribution is 5.93. The van der Waals surface area contributed by atoms with Crippen LogP contribution in [0.25, 0.3) is 0 Å². The van der Waals surface area contributed by atoms with Gasteiger partial charge in [0.05, 0.1) is 12.5 Å². The van der Waals surface area contributed by atoms with Gasteiger partial charge in [-0.1, -0.05) is 26.2 Å². The van der Waals surface area contributed by atoms with E-state index in [4.69, 9.17) is 0 Å². The second-order valence-electron chi connectivity index (χ2n) is 6.25. The summed E-state index contributed by atoms with van der Waals surface area (Å²) in [5.41, 5.74) is 4.05. The first-order valence-corrected chi connectivity index (χ1v) is 8.11. The number of unbranched alkanes of at least 4 members (excludes halogenated alkanes) is 2. The number of aliphatic hydroxyl groups is 1. The molecule has 0 spiro atoms. The van der Waals surface area contributed by atoms with E-state index in [1.54, 1.807) is 0 Å². The predicted molar refractivity (Wildman–Crippen MR) is 93.6 cm³/mol. The van der Waals surface area contributed by atoms with E-state index in [9.17, 15) is 9.90 Å². The third-order valence-corrected chi connectivity index (χ3v) is 3.86. The number of hydrogen-bond acceptors (Lipinski definition) is 3. The van der Waals surface area contributed by atoms with Crippen LogP contribution in [0.2, 0.25) is 0 Å². The second kappa shape index (κ2) is 8.79. The van der Waals surface area contributed by atoms with Crippen molar-refractivity contribution in [1.29, 1.82) is 0 Å². The van der Waals surface area contributed by atoms with Gasteiger partial charge in [0.25, 0.3) is 0 Å². The first kappa shape index (κ1) is 18.5. The van der Waals surface area contributed by atoms with Gasteiger partial charge in [-0.15, -0.1) is 0 Å². The molecule has 0 bridgehead atoms. The monoisotopic (exact) mass is 306 g/mol. The standard InChI is InChI=1S/C18H30N2O2/c1-6-7-8-9-16(21)12-17(22)19-18-13(2)10-15(20(4)5)11-14(18)3/h10-11,16,21H,6-9,12H2,1-5H3,(H,19,22)/t16-/m0/s1. The average molecular weight is 306 g/mol. The van der Waals surface area contributed by atoms with Crippen molar-refractivity contribution in [2.75, 3.05) is 24.3 Å². The number of carbonyl (C=O) groups excluding carboxylic acids is 1. The van der Waals surface area contributed by atoms with Crippen molar-refractivity contribution < 1.29 is 9.90 Å². The number of carbonyl (C=O) groups is 1. The summed E-state index contributed by atoms with van der Waals surface area (Å²) in [5.74, 6) is -0.118. The van der Waals surface area contributed by atoms with E-state index in [0.717, 1.165) is 41.8 Å². The van der Waals surface area contributed by atoms with Crippen LogP contribution >= 0.6 is 0 Å². The van der Waals surface area contributed by atoms with Crippen molar-refractivity contribution in [3.8, 4) is 0 Å². The molecule has 0 radical (unpaired) electrons. The minimum atomic E-state index is -0.548. The van der Waals surface area contributed by atoms with Crippen LogP contribution in [0.1, 0.15) is 50.2 Å². The number of nitrogens with one attached hydrogen (secondary N) is 1. The van der Waals surface area contributed by atoms with Gasteiger partial charge in [0.15, 0.2) is 0 Å². The summed E-state index contributed by atoms with van der Waals surface area (Å²) in [6.07, 6.45) is 3.50. The molecule has 124 valence electrons. The number of amides is 1. The predicted octanol–water partition coefficient (Wildman–Crippen LogP) is 3.64. The normalized spacial score (nSPS) is 12.1. The molecule has 0 saturated heterocycles. The molecule has 0 fully saturated rings. The lowest BCUT2D eigenvalue weighted by Gasteiger charge is -2.19. The molecule has 0 heterocycles. The fourth-order valence-electron chi connectivity index (χ4n) is 2.53. The molecule has 0 saturated carbocycles. The minimum Gasteiger partial charge on any atom is -0.393 e. The molecule has 4 heteroatoms. The Bertz CT molecular complexity index is 475. The number of hydrogen-bond donors (Lipinski definition) is 2. The average Bonchev–Trinajstić information content (AvgIpc) is 2.42. The van der Waals surface area contributed by atoms with E-state index in [1.165, 1.54) is 0 Å². The Morgan fingerprint density at radius 2 is 1.82 bits per heavy atom. The first-order chi connectivity index (χ1) is 10.3. The first-order valence-electron chi connectivity index (χ1n) is 8.11. The van der Waals surface area contributed by atoms with E-state index in [0.29, 0.717) is 6.42 Å². The van der Waals surface area contributed by atoms with Crippen LogP contribution in [-0.4, -0.2) is 31.2 Å². The van der Waals surface area contributed by atoms with Gasteiger partial charge in [-0.25, -0.2) is 0 Å². The Kier molecular flexibility index (Phi) is 7.39. The van der Waals surface area contributed by atoms with Crippen molar-refractivity contribution >= 4 is 17.3 Å². The smallest absolute Gasteiger partial charge is 0.226 e. The Hall–Kier alpha value is -1.55. The molecule has 1 aromatic rings. The fraction of sp³-hybridized carbons (Fsp3) is 0.611. The van der Waals surface area contributed by atoms with E-state index in [1.807, 2.05) is 32.8 Å². The molecule has 1 amide bonds. The second-order valence-corrected chi connectivity index (χ2v) is 6.25. The number of nitrogens with zero attached hydrogens (tertiary/aromatic N) is 1. The van der Waals surface area contributed by atoms with Crippen LogP contribution in [0.5, 0.6) is 0 Å². The molecular weight excluding hydrogens is 276 g/mol. The maximum Gasteiger partial charge on any atom is 0.226 e. The van der Waals surface area contributed by atoms with E-state index in [-0.39, 0.29) is 12.3 Å². The molecule has 4 nitrogen and oxygen atoms in total. The van der Waals surface area contributed by atoms with Crippen LogP contribution in [0, 0.1) is 13.8 Å². The molecule has 0 aliphatic heterocycles.